The van der Waals surface area contributed by atoms with Crippen LogP contribution >= 0.6 is 0 Å². The van der Waals surface area contributed by atoms with Crippen molar-refractivity contribution in [1.29, 1.82) is 0 Å². The Bertz CT molecular complexity index is 7010. The Balaban J connectivity index is 1.01. The van der Waals surface area contributed by atoms with Crippen LogP contribution in [-0.4, -0.2) is 15.8 Å². The van der Waals surface area contributed by atoms with E-state index in [0.29, 0.717) is 33.3 Å². The highest BCUT2D eigenvalue weighted by atomic mass is 16.3. The van der Waals surface area contributed by atoms with Gasteiger partial charge in [-0.25, -0.2) is 0 Å². The number of para-hydroxylation sites is 5. The van der Waals surface area contributed by atoms with Crippen molar-refractivity contribution < 1.29 is 22.2 Å². The molecular formula is C100H85BN4O. The van der Waals surface area contributed by atoms with E-state index in [4.69, 9.17) is 11.3 Å². The number of hydrogen-bond acceptors (Lipinski definition) is 3. The third-order valence-electron chi connectivity index (χ3n) is 22.0. The summed E-state index contributed by atoms with van der Waals surface area (Å²) >= 11 is 0. The summed E-state index contributed by atoms with van der Waals surface area (Å²) in [5, 5.41) is 3.36. The van der Waals surface area contributed by atoms with E-state index in [-0.39, 0.29) is 72.4 Å². The van der Waals surface area contributed by atoms with Gasteiger partial charge in [0.1, 0.15) is 0 Å². The Morgan fingerprint density at radius 3 is 1.28 bits per heavy atom. The third kappa shape index (κ3) is 10.3. The predicted molar refractivity (Wildman–Crippen MR) is 453 cm³/mol. The molecule has 0 N–H and O–H groups in total. The maximum atomic E-state index is 9.68. The lowest BCUT2D eigenvalue weighted by Gasteiger charge is -2.45. The van der Waals surface area contributed by atoms with Crippen LogP contribution in [0.1, 0.15) is 123 Å². The van der Waals surface area contributed by atoms with E-state index < -0.39 is 73.2 Å². The summed E-state index contributed by atoms with van der Waals surface area (Å²) in [5.41, 5.74) is 20.7. The number of aromatic nitrogens is 2. The molecular weight excluding hydrogens is 1280 g/mol. The maximum absolute atomic E-state index is 9.68. The van der Waals surface area contributed by atoms with Crippen LogP contribution in [0.5, 0.6) is 0 Å². The predicted octanol–water partition coefficient (Wildman–Crippen LogP) is 25.7. The van der Waals surface area contributed by atoms with Gasteiger partial charge in [0.2, 0.25) is 0 Å². The second-order valence-electron chi connectivity index (χ2n) is 32.8. The van der Waals surface area contributed by atoms with E-state index in [1.807, 2.05) is 72.8 Å². The molecule has 0 atom stereocenters. The number of fused-ring (bicyclic) bond motifs is 13. The van der Waals surface area contributed by atoms with E-state index in [9.17, 15) is 11.0 Å². The minimum atomic E-state index is -0.595. The maximum Gasteiger partial charge on any atom is 0.252 e. The van der Waals surface area contributed by atoms with Gasteiger partial charge in [-0.1, -0.05) is 307 Å². The molecule has 6 heteroatoms. The summed E-state index contributed by atoms with van der Waals surface area (Å²) in [6, 6.07) is 71.0. The second-order valence-corrected chi connectivity index (χ2v) is 32.8. The van der Waals surface area contributed by atoms with Gasteiger partial charge >= 0.3 is 0 Å². The molecule has 19 rings (SSSR count). The van der Waals surface area contributed by atoms with Gasteiger partial charge in [0, 0.05) is 66.2 Å². The minimum Gasteiger partial charge on any atom is -0.452 e. The highest BCUT2D eigenvalue weighted by molar-refractivity contribution is 7.00. The van der Waals surface area contributed by atoms with Crippen LogP contribution < -0.4 is 26.2 Å². The molecule has 0 aliphatic carbocycles. The minimum absolute atomic E-state index is 0.0350. The summed E-state index contributed by atoms with van der Waals surface area (Å²) < 4.78 is 133. The van der Waals surface area contributed by atoms with Gasteiger partial charge in [0.25, 0.3) is 6.71 Å². The number of rotatable bonds is 8. The third-order valence-corrected chi connectivity index (χ3v) is 22.0. The van der Waals surface area contributed by atoms with Gasteiger partial charge in [0.15, 0.2) is 11.2 Å². The van der Waals surface area contributed by atoms with Gasteiger partial charge in [-0.05, 0) is 166 Å². The zero-order valence-electron chi connectivity index (χ0n) is 74.6. The van der Waals surface area contributed by atoms with Crippen LogP contribution in [0, 0.1) is 0 Å². The zero-order valence-corrected chi connectivity index (χ0v) is 61.6. The summed E-state index contributed by atoms with van der Waals surface area (Å²) in [6.07, 6.45) is 0. The molecule has 0 unspecified atom stereocenters. The summed E-state index contributed by atoms with van der Waals surface area (Å²) in [4.78, 5) is 4.72. The van der Waals surface area contributed by atoms with Gasteiger partial charge in [0.05, 0.1) is 62.6 Å². The molecule has 5 nitrogen and oxygen atoms in total. The highest BCUT2D eigenvalue weighted by Gasteiger charge is 2.46. The average Bonchev–Trinajstić information content (AvgIpc) is 1.54. The van der Waals surface area contributed by atoms with E-state index in [1.165, 1.54) is 26.8 Å². The quantitative estimate of drug-likeness (QED) is 0.142. The summed E-state index contributed by atoms with van der Waals surface area (Å²) in [7, 11) is 0. The first-order valence-corrected chi connectivity index (χ1v) is 36.6. The SMILES string of the molecule is [2H]c1c([2H])c([2H])c(-c2ccc3c(c2)N(c2c(-c4ccccc4)cccc2-c2ccccc2)c2cc(-n4c5ccc(C(C)(C)C)cc5c5cc(C(C)(C)C)ccc54)cc4c2B3c2ccc(-c3cc(C(C)(C)C)cc(C(C)(C)C)c3)cc2N4c2cccc3c2oc2c(-n4c5c([2H])c([2H])c([2H])c([2H])c5c5c([2H])c([2H])c([2H])c([2H])c54)cccc23)c([2H])c1[2H]. The molecule has 2 aliphatic rings. The monoisotopic (exact) mass is 1380 g/mol. The second kappa shape index (κ2) is 23.8. The van der Waals surface area contributed by atoms with Gasteiger partial charge in [-0.15, -0.1) is 0 Å². The Kier molecular flexibility index (Phi) is 11.7. The molecule has 0 saturated carbocycles. The molecule has 514 valence electrons. The lowest BCUT2D eigenvalue weighted by molar-refractivity contribution is 0.569. The van der Waals surface area contributed by atoms with Crippen molar-refractivity contribution in [2.75, 3.05) is 9.80 Å². The van der Waals surface area contributed by atoms with E-state index in [2.05, 4.69) is 237 Å². The normalized spacial score (nSPS) is 14.9. The van der Waals surface area contributed by atoms with Gasteiger partial charge in [-0.3, -0.25) is 0 Å². The smallest absolute Gasteiger partial charge is 0.252 e. The van der Waals surface area contributed by atoms with E-state index in [0.717, 1.165) is 100 Å². The molecule has 0 fully saturated rings. The fourth-order valence-corrected chi connectivity index (χ4v) is 16.5. The van der Waals surface area contributed by atoms with Crippen LogP contribution in [0.25, 0.3) is 121 Å². The molecule has 0 spiro atoms. The fourth-order valence-electron chi connectivity index (χ4n) is 16.5. The molecule has 17 aromatic rings. The van der Waals surface area contributed by atoms with Crippen LogP contribution in [0.2, 0.25) is 0 Å². The largest absolute Gasteiger partial charge is 0.452 e. The van der Waals surface area contributed by atoms with Crippen LogP contribution in [0.15, 0.2) is 301 Å². The molecule has 5 heterocycles. The first-order chi connectivity index (χ1) is 56.5. The van der Waals surface area contributed by atoms with Crippen LogP contribution in [-0.2, 0) is 21.7 Å². The van der Waals surface area contributed by atoms with E-state index >= 15 is 0 Å². The molecule has 14 aromatic carbocycles. The topological polar surface area (TPSA) is 29.5 Å². The number of hydrogen-bond donors (Lipinski definition) is 0. The Hall–Kier alpha value is -11.9. The molecule has 0 bridgehead atoms. The van der Waals surface area contributed by atoms with Crippen molar-refractivity contribution in [3.63, 3.8) is 0 Å². The number of furan rings is 1. The summed E-state index contributed by atoms with van der Waals surface area (Å²) in [6.45, 7) is 26.3. The lowest BCUT2D eigenvalue weighted by Crippen LogP contribution is -2.61. The number of nitrogens with zero attached hydrogens (tertiary/aromatic N) is 4. The van der Waals surface area contributed by atoms with E-state index in [1.54, 1.807) is 6.07 Å². The molecule has 0 saturated heterocycles. The molecule has 106 heavy (non-hydrogen) atoms. The van der Waals surface area contributed by atoms with Crippen molar-refractivity contribution in [1.82, 2.24) is 9.13 Å². The molecule has 0 amide bonds. The van der Waals surface area contributed by atoms with Crippen LogP contribution in [0.4, 0.5) is 34.1 Å². The fraction of sp³-hybridized carbons (Fsp3) is 0.160. The first kappa shape index (κ1) is 52.2. The van der Waals surface area contributed by atoms with Crippen molar-refractivity contribution >= 4 is 123 Å². The molecule has 2 aliphatic heterocycles. The van der Waals surface area contributed by atoms with Gasteiger partial charge in [-0.2, -0.15) is 0 Å². The van der Waals surface area contributed by atoms with Gasteiger partial charge < -0.3 is 23.4 Å². The Labute approximate surface area is 640 Å². The Morgan fingerprint density at radius 1 is 0.292 bits per heavy atom. The van der Waals surface area contributed by atoms with Crippen molar-refractivity contribution in [2.24, 2.45) is 0 Å². The highest BCUT2D eigenvalue weighted by Crippen LogP contribution is 2.54. The van der Waals surface area contributed by atoms with Crippen molar-refractivity contribution in [2.45, 2.75) is 105 Å². The zero-order chi connectivity index (χ0) is 83.8. The molecule has 0 radical (unpaired) electrons. The standard InChI is InChI=1S/C100H85BN4O/c1-97(2,3)68-47-51-85-79(58-68)80-59-69(98(4,5)6)48-52-86(80)102(85)72-60-91-93-92(61-72)105(94-73(63-31-18-14-19-32-63)37-26-38-74(94)64-33-20-15-21-34-64)90-55-65(62-29-16-13-17-30-62)45-49-82(90)101(93)81-50-46-66(67-53-70(99(7,8)9)57-71(54-67)100(10,11)12)56-89(81)104(91)88-44-28-40-78-77-39-27-43-87(95(77)106-96(78)88)103-83-41-24-22-35-75(83)76-36-23-25-42-84(76)103/h13-61H,1-12H3/i13D,16D,17D,22D,23D,24D,25D,29D,30D,35D,36D,41D,42D. The van der Waals surface area contributed by atoms with Crippen LogP contribution in [0.3, 0.4) is 0 Å². The number of anilines is 6. The van der Waals surface area contributed by atoms with Crippen molar-refractivity contribution in [3.8, 4) is 55.9 Å². The Morgan fingerprint density at radius 2 is 0.755 bits per heavy atom. The first-order valence-electron chi connectivity index (χ1n) is 43.1. The lowest BCUT2D eigenvalue weighted by atomic mass is 9.33. The average molecular weight is 1380 g/mol. The number of benzene rings is 14. The molecule has 3 aromatic heterocycles. The van der Waals surface area contributed by atoms with Crippen molar-refractivity contribution in [3.05, 3.63) is 319 Å². The summed E-state index contributed by atoms with van der Waals surface area (Å²) in [5.74, 6) is 0.